The summed E-state index contributed by atoms with van der Waals surface area (Å²) in [6, 6.07) is 13.1. The second-order valence-electron chi connectivity index (χ2n) is 8.39. The van der Waals surface area contributed by atoms with E-state index >= 15 is 0 Å². The van der Waals surface area contributed by atoms with Crippen LogP contribution in [0.4, 0.5) is 14.9 Å². The maximum atomic E-state index is 13.9. The Morgan fingerprint density at radius 3 is 2.47 bits per heavy atom. The Hall–Kier alpha value is -2.51. The Morgan fingerprint density at radius 1 is 1.09 bits per heavy atom. The Balaban J connectivity index is 1.20. The molecule has 2 aliphatic heterocycles. The van der Waals surface area contributed by atoms with Gasteiger partial charge in [0.25, 0.3) is 0 Å². The maximum absolute atomic E-state index is 13.9. The number of piperazine rings is 1. The number of para-hydroxylation sites is 1. The lowest BCUT2D eigenvalue weighted by Crippen LogP contribution is -2.54. The van der Waals surface area contributed by atoms with E-state index in [4.69, 9.17) is 16.3 Å². The molecule has 0 spiro atoms. The molecule has 4 rings (SSSR count). The minimum atomic E-state index is -0.332. The molecular weight excluding hydrogens is 431 g/mol. The topological polar surface area (TPSA) is 48.1 Å². The third kappa shape index (κ3) is 5.45. The van der Waals surface area contributed by atoms with E-state index in [1.165, 1.54) is 13.2 Å². The van der Waals surface area contributed by atoms with E-state index in [0.717, 1.165) is 55.3 Å². The molecule has 2 aromatic rings. The van der Waals surface area contributed by atoms with Gasteiger partial charge in [-0.2, -0.15) is 0 Å². The van der Waals surface area contributed by atoms with Crippen molar-refractivity contribution in [3.63, 3.8) is 0 Å². The van der Waals surface area contributed by atoms with E-state index in [9.17, 15) is 9.18 Å². The predicted molar refractivity (Wildman–Crippen MR) is 125 cm³/mol. The number of halogens is 2. The zero-order chi connectivity index (χ0) is 22.5. The average Bonchev–Trinajstić information content (AvgIpc) is 2.81. The van der Waals surface area contributed by atoms with Crippen LogP contribution in [0, 0.1) is 5.82 Å². The summed E-state index contributed by atoms with van der Waals surface area (Å²) in [6.45, 7) is 5.35. The molecule has 0 aromatic heterocycles. The van der Waals surface area contributed by atoms with Crippen LogP contribution in [0.25, 0.3) is 0 Å². The molecule has 2 heterocycles. The zero-order valence-corrected chi connectivity index (χ0v) is 19.2. The molecule has 2 aromatic carbocycles. The van der Waals surface area contributed by atoms with Gasteiger partial charge in [-0.05, 0) is 42.7 Å². The van der Waals surface area contributed by atoms with Gasteiger partial charge in [-0.25, -0.2) is 9.18 Å². The summed E-state index contributed by atoms with van der Waals surface area (Å²) in [5.41, 5.74) is 1.96. The minimum Gasteiger partial charge on any atom is -0.494 e. The van der Waals surface area contributed by atoms with Gasteiger partial charge in [0.2, 0.25) is 0 Å². The van der Waals surface area contributed by atoms with Crippen molar-refractivity contribution in [2.24, 2.45) is 0 Å². The number of carbonyl (C=O) groups is 1. The van der Waals surface area contributed by atoms with Crippen molar-refractivity contribution in [1.29, 1.82) is 0 Å². The van der Waals surface area contributed by atoms with Crippen LogP contribution < -0.4 is 15.0 Å². The smallest absolute Gasteiger partial charge is 0.317 e. The number of amides is 2. The number of nitrogens with one attached hydrogen (secondary N) is 1. The Labute approximate surface area is 193 Å². The summed E-state index contributed by atoms with van der Waals surface area (Å²) in [6.07, 6.45) is 1.79. The largest absolute Gasteiger partial charge is 0.494 e. The number of ether oxygens (including phenoxy) is 1. The average molecular weight is 461 g/mol. The Kier molecular flexibility index (Phi) is 7.37. The van der Waals surface area contributed by atoms with Gasteiger partial charge in [0.05, 0.1) is 17.8 Å². The molecule has 0 saturated carbocycles. The second kappa shape index (κ2) is 10.4. The van der Waals surface area contributed by atoms with Gasteiger partial charge in [0, 0.05) is 51.9 Å². The monoisotopic (exact) mass is 460 g/mol. The van der Waals surface area contributed by atoms with Crippen LogP contribution in [0.15, 0.2) is 42.5 Å². The van der Waals surface area contributed by atoms with Crippen molar-refractivity contribution in [1.82, 2.24) is 15.1 Å². The molecular formula is C24H30ClFN4O2. The van der Waals surface area contributed by atoms with Crippen LogP contribution in [0.3, 0.4) is 0 Å². The number of anilines is 1. The molecule has 2 amide bonds. The Morgan fingerprint density at radius 2 is 1.81 bits per heavy atom. The van der Waals surface area contributed by atoms with Crippen LogP contribution in [-0.2, 0) is 6.54 Å². The number of piperidine rings is 1. The number of methoxy groups -OCH3 is 1. The molecule has 0 radical (unpaired) electrons. The molecule has 2 fully saturated rings. The number of likely N-dealkylation sites (tertiary alicyclic amines) is 1. The van der Waals surface area contributed by atoms with E-state index in [2.05, 4.69) is 15.1 Å². The van der Waals surface area contributed by atoms with Gasteiger partial charge in [-0.1, -0.05) is 29.8 Å². The summed E-state index contributed by atoms with van der Waals surface area (Å²) in [5, 5.41) is 3.95. The van der Waals surface area contributed by atoms with Crippen LogP contribution >= 0.6 is 11.6 Å². The van der Waals surface area contributed by atoms with E-state index in [0.29, 0.717) is 19.6 Å². The first-order valence-corrected chi connectivity index (χ1v) is 11.5. The first-order valence-electron chi connectivity index (χ1n) is 11.1. The SMILES string of the molecule is COc1ccc(CN2CCC(NC(=O)N3CCN(c4ccccc4Cl)CC3)CC2)cc1F. The van der Waals surface area contributed by atoms with Gasteiger partial charge in [0.1, 0.15) is 0 Å². The molecule has 32 heavy (non-hydrogen) atoms. The minimum absolute atomic E-state index is 0.0134. The van der Waals surface area contributed by atoms with Gasteiger partial charge in [0.15, 0.2) is 11.6 Å². The van der Waals surface area contributed by atoms with E-state index in [1.54, 1.807) is 6.07 Å². The fourth-order valence-corrected chi connectivity index (χ4v) is 4.68. The van der Waals surface area contributed by atoms with Crippen molar-refractivity contribution < 1.29 is 13.9 Å². The molecule has 6 nitrogen and oxygen atoms in total. The number of hydrogen-bond donors (Lipinski definition) is 1. The predicted octanol–water partition coefficient (Wildman–Crippen LogP) is 3.98. The molecule has 2 aliphatic rings. The zero-order valence-electron chi connectivity index (χ0n) is 18.4. The van der Waals surface area contributed by atoms with Crippen molar-refractivity contribution in [2.75, 3.05) is 51.3 Å². The molecule has 0 atom stereocenters. The van der Waals surface area contributed by atoms with Gasteiger partial charge >= 0.3 is 6.03 Å². The lowest BCUT2D eigenvalue weighted by molar-refractivity contribution is 0.167. The highest BCUT2D eigenvalue weighted by Gasteiger charge is 2.26. The molecule has 8 heteroatoms. The second-order valence-corrected chi connectivity index (χ2v) is 8.80. The lowest BCUT2D eigenvalue weighted by Gasteiger charge is -2.38. The number of nitrogens with zero attached hydrogens (tertiary/aromatic N) is 3. The number of hydrogen-bond acceptors (Lipinski definition) is 4. The molecule has 1 N–H and O–H groups in total. The molecule has 0 bridgehead atoms. The number of urea groups is 1. The first kappa shape index (κ1) is 22.7. The van der Waals surface area contributed by atoms with Crippen molar-refractivity contribution in [3.05, 3.63) is 58.9 Å². The van der Waals surface area contributed by atoms with Crippen LogP contribution in [0.5, 0.6) is 5.75 Å². The fraction of sp³-hybridized carbons (Fsp3) is 0.458. The van der Waals surface area contributed by atoms with Gasteiger partial charge in [-0.3, -0.25) is 4.90 Å². The Bertz CT molecular complexity index is 928. The summed E-state index contributed by atoms with van der Waals surface area (Å²) >= 11 is 6.31. The van der Waals surface area contributed by atoms with Crippen molar-refractivity contribution >= 4 is 23.3 Å². The van der Waals surface area contributed by atoms with E-state index in [1.807, 2.05) is 35.2 Å². The highest BCUT2D eigenvalue weighted by Crippen LogP contribution is 2.26. The summed E-state index contributed by atoms with van der Waals surface area (Å²) in [4.78, 5) is 19.2. The molecule has 2 saturated heterocycles. The van der Waals surface area contributed by atoms with E-state index < -0.39 is 0 Å². The highest BCUT2D eigenvalue weighted by molar-refractivity contribution is 6.33. The molecule has 172 valence electrons. The molecule has 0 aliphatic carbocycles. The summed E-state index contributed by atoms with van der Waals surface area (Å²) in [7, 11) is 1.47. The summed E-state index contributed by atoms with van der Waals surface area (Å²) in [5.74, 6) is -0.0651. The van der Waals surface area contributed by atoms with Crippen LogP contribution in [0.2, 0.25) is 5.02 Å². The third-order valence-electron chi connectivity index (χ3n) is 6.30. The normalized spacial score (nSPS) is 18.0. The standard InChI is InChI=1S/C24H30ClFN4O2/c1-32-23-7-6-18(16-21(23)26)17-28-10-8-19(9-11-28)27-24(31)30-14-12-29(13-15-30)22-5-3-2-4-20(22)25/h2-7,16,19H,8-15,17H2,1H3,(H,27,31). The van der Waals surface area contributed by atoms with Crippen molar-refractivity contribution in [3.8, 4) is 5.75 Å². The quantitative estimate of drug-likeness (QED) is 0.733. The lowest BCUT2D eigenvalue weighted by atomic mass is 10.0. The first-order chi connectivity index (χ1) is 15.5. The molecule has 0 unspecified atom stereocenters. The number of carbonyl (C=O) groups excluding carboxylic acids is 1. The third-order valence-corrected chi connectivity index (χ3v) is 6.62. The number of rotatable bonds is 5. The number of benzene rings is 2. The van der Waals surface area contributed by atoms with Crippen LogP contribution in [-0.4, -0.2) is 68.3 Å². The van der Waals surface area contributed by atoms with Gasteiger partial charge in [-0.15, -0.1) is 0 Å². The van der Waals surface area contributed by atoms with Gasteiger partial charge < -0.3 is 19.9 Å². The fourth-order valence-electron chi connectivity index (χ4n) is 4.43. The van der Waals surface area contributed by atoms with Crippen LogP contribution in [0.1, 0.15) is 18.4 Å². The van der Waals surface area contributed by atoms with E-state index in [-0.39, 0.29) is 23.6 Å². The van der Waals surface area contributed by atoms with Crippen molar-refractivity contribution in [2.45, 2.75) is 25.4 Å². The highest BCUT2D eigenvalue weighted by atomic mass is 35.5. The maximum Gasteiger partial charge on any atom is 0.317 e. The summed E-state index contributed by atoms with van der Waals surface area (Å²) < 4.78 is 18.9.